The van der Waals surface area contributed by atoms with E-state index in [1.165, 1.54) is 0 Å². The van der Waals surface area contributed by atoms with E-state index in [-0.39, 0.29) is 12.5 Å². The zero-order chi connectivity index (χ0) is 12.7. The molecule has 0 aliphatic heterocycles. The summed E-state index contributed by atoms with van der Waals surface area (Å²) in [4.78, 5) is 10.9. The Labute approximate surface area is 102 Å². The van der Waals surface area contributed by atoms with Crippen molar-refractivity contribution in [2.75, 3.05) is 13.7 Å². The van der Waals surface area contributed by atoms with E-state index in [9.17, 15) is 4.79 Å². The van der Waals surface area contributed by atoms with Crippen LogP contribution in [0.4, 0.5) is 0 Å². The fraction of sp³-hybridized carbons (Fsp3) is 0.462. The van der Waals surface area contributed by atoms with Gasteiger partial charge < -0.3 is 15.2 Å². The second kappa shape index (κ2) is 7.04. The lowest BCUT2D eigenvalue weighted by molar-refractivity contribution is -0.137. The van der Waals surface area contributed by atoms with Crippen molar-refractivity contribution >= 4 is 5.97 Å². The number of carboxylic acid groups (broad SMARTS) is 1. The molecule has 2 N–H and O–H groups in total. The van der Waals surface area contributed by atoms with Crippen molar-refractivity contribution in [2.45, 2.75) is 26.0 Å². The van der Waals surface area contributed by atoms with Crippen LogP contribution in [0.3, 0.4) is 0 Å². The Bertz CT molecular complexity index is 365. The summed E-state index contributed by atoms with van der Waals surface area (Å²) in [6, 6.07) is 7.60. The van der Waals surface area contributed by atoms with E-state index < -0.39 is 5.97 Å². The van der Waals surface area contributed by atoms with Crippen LogP contribution in [-0.2, 0) is 16.1 Å². The average molecular weight is 237 g/mol. The molecule has 1 rings (SSSR count). The quantitative estimate of drug-likeness (QED) is 0.761. The second-order valence-electron chi connectivity index (χ2n) is 3.84. The lowest BCUT2D eigenvalue weighted by atomic mass is 9.98. The number of hydrogen-bond donors (Lipinski definition) is 2. The van der Waals surface area contributed by atoms with Gasteiger partial charge in [-0.15, -0.1) is 0 Å². The van der Waals surface area contributed by atoms with E-state index in [0.717, 1.165) is 17.7 Å². The van der Waals surface area contributed by atoms with Crippen molar-refractivity contribution in [3.05, 3.63) is 35.4 Å². The number of aliphatic carboxylic acids is 1. The van der Waals surface area contributed by atoms with Crippen molar-refractivity contribution in [2.24, 2.45) is 0 Å². The molecule has 0 amide bonds. The topological polar surface area (TPSA) is 58.6 Å². The third-order valence-corrected chi connectivity index (χ3v) is 2.56. The first-order chi connectivity index (χ1) is 8.19. The van der Waals surface area contributed by atoms with Crippen LogP contribution in [0.15, 0.2) is 24.3 Å². The van der Waals surface area contributed by atoms with Crippen LogP contribution in [0, 0.1) is 0 Å². The summed E-state index contributed by atoms with van der Waals surface area (Å²) in [6.45, 7) is 3.20. The van der Waals surface area contributed by atoms with Crippen molar-refractivity contribution in [1.82, 2.24) is 5.32 Å². The van der Waals surface area contributed by atoms with Gasteiger partial charge in [0.05, 0.1) is 13.0 Å². The zero-order valence-electron chi connectivity index (χ0n) is 10.3. The molecule has 0 saturated carbocycles. The van der Waals surface area contributed by atoms with Crippen molar-refractivity contribution in [3.63, 3.8) is 0 Å². The van der Waals surface area contributed by atoms with Gasteiger partial charge in [0.1, 0.15) is 0 Å². The fourth-order valence-corrected chi connectivity index (χ4v) is 1.87. The van der Waals surface area contributed by atoms with Gasteiger partial charge in [-0.1, -0.05) is 31.2 Å². The van der Waals surface area contributed by atoms with Gasteiger partial charge in [-0.2, -0.15) is 0 Å². The Morgan fingerprint density at radius 2 is 2.18 bits per heavy atom. The predicted molar refractivity (Wildman–Crippen MR) is 65.8 cm³/mol. The Morgan fingerprint density at radius 3 is 2.76 bits per heavy atom. The van der Waals surface area contributed by atoms with E-state index in [0.29, 0.717) is 6.61 Å². The van der Waals surface area contributed by atoms with Crippen LogP contribution in [0.1, 0.15) is 30.5 Å². The fourth-order valence-electron chi connectivity index (χ4n) is 1.87. The predicted octanol–water partition coefficient (Wildman–Crippen LogP) is 1.96. The summed E-state index contributed by atoms with van der Waals surface area (Å²) in [5.74, 6) is -0.803. The first-order valence-electron chi connectivity index (χ1n) is 5.71. The highest BCUT2D eigenvalue weighted by atomic mass is 16.5. The van der Waals surface area contributed by atoms with E-state index in [1.54, 1.807) is 7.11 Å². The molecule has 94 valence electrons. The molecule has 1 aromatic rings. The maximum Gasteiger partial charge on any atom is 0.305 e. The van der Waals surface area contributed by atoms with Crippen LogP contribution in [-0.4, -0.2) is 24.7 Å². The average Bonchev–Trinajstić information content (AvgIpc) is 2.29. The first kappa shape index (κ1) is 13.7. The number of methoxy groups -OCH3 is 1. The summed E-state index contributed by atoms with van der Waals surface area (Å²) in [5, 5.41) is 12.1. The Morgan fingerprint density at radius 1 is 1.47 bits per heavy atom. The van der Waals surface area contributed by atoms with Gasteiger partial charge in [0.25, 0.3) is 0 Å². The number of ether oxygens (including phenoxy) is 1. The summed E-state index contributed by atoms with van der Waals surface area (Å²) in [7, 11) is 1.64. The smallest absolute Gasteiger partial charge is 0.305 e. The largest absolute Gasteiger partial charge is 0.481 e. The minimum Gasteiger partial charge on any atom is -0.481 e. The van der Waals surface area contributed by atoms with Gasteiger partial charge >= 0.3 is 5.97 Å². The van der Waals surface area contributed by atoms with Gasteiger partial charge in [-0.3, -0.25) is 4.79 Å². The lowest BCUT2D eigenvalue weighted by Crippen LogP contribution is -2.24. The Hall–Kier alpha value is -1.39. The highest BCUT2D eigenvalue weighted by Gasteiger charge is 2.17. The Kier molecular flexibility index (Phi) is 5.66. The van der Waals surface area contributed by atoms with E-state index >= 15 is 0 Å². The molecule has 1 aromatic carbocycles. The second-order valence-corrected chi connectivity index (χ2v) is 3.84. The lowest BCUT2D eigenvalue weighted by Gasteiger charge is -2.19. The molecule has 0 spiro atoms. The maximum absolute atomic E-state index is 10.9. The van der Waals surface area contributed by atoms with Crippen LogP contribution in [0.5, 0.6) is 0 Å². The van der Waals surface area contributed by atoms with Crippen LogP contribution >= 0.6 is 0 Å². The van der Waals surface area contributed by atoms with Crippen molar-refractivity contribution in [1.29, 1.82) is 0 Å². The summed E-state index contributed by atoms with van der Waals surface area (Å²) >= 11 is 0. The number of carbonyl (C=O) groups is 1. The molecule has 0 aliphatic rings. The first-order valence-corrected chi connectivity index (χ1v) is 5.71. The number of nitrogens with one attached hydrogen (secondary N) is 1. The molecule has 0 aromatic heterocycles. The zero-order valence-corrected chi connectivity index (χ0v) is 10.3. The highest BCUT2D eigenvalue weighted by molar-refractivity contribution is 5.68. The van der Waals surface area contributed by atoms with Gasteiger partial charge in [0.15, 0.2) is 0 Å². The van der Waals surface area contributed by atoms with Crippen molar-refractivity contribution < 1.29 is 14.6 Å². The van der Waals surface area contributed by atoms with Gasteiger partial charge in [-0.25, -0.2) is 0 Å². The molecule has 1 unspecified atom stereocenters. The maximum atomic E-state index is 10.9. The molecule has 0 radical (unpaired) electrons. The van der Waals surface area contributed by atoms with Crippen LogP contribution in [0.25, 0.3) is 0 Å². The third kappa shape index (κ3) is 4.17. The molecule has 4 nitrogen and oxygen atoms in total. The summed E-state index contributed by atoms with van der Waals surface area (Å²) in [5.41, 5.74) is 2.03. The highest BCUT2D eigenvalue weighted by Crippen LogP contribution is 2.21. The van der Waals surface area contributed by atoms with E-state index in [4.69, 9.17) is 9.84 Å². The molecule has 4 heteroatoms. The molecule has 0 bridgehead atoms. The monoisotopic (exact) mass is 237 g/mol. The number of carboxylic acids is 1. The van der Waals surface area contributed by atoms with E-state index in [2.05, 4.69) is 5.32 Å². The van der Waals surface area contributed by atoms with Crippen LogP contribution in [0.2, 0.25) is 0 Å². The van der Waals surface area contributed by atoms with Gasteiger partial charge in [0, 0.05) is 13.2 Å². The minimum absolute atomic E-state index is 0.0779. The molecule has 0 heterocycles. The molecule has 0 aliphatic carbocycles. The number of rotatable bonds is 7. The normalized spacial score (nSPS) is 12.4. The molecule has 17 heavy (non-hydrogen) atoms. The van der Waals surface area contributed by atoms with Crippen LogP contribution < -0.4 is 5.32 Å². The standard InChI is InChI=1S/C13H19NO3/c1-3-14-12(8-13(15)16)11-7-5-4-6-10(11)9-17-2/h4-7,12,14H,3,8-9H2,1-2H3,(H,15,16). The summed E-state index contributed by atoms with van der Waals surface area (Å²) in [6.07, 6.45) is 0.0779. The Balaban J connectivity index is 2.94. The van der Waals surface area contributed by atoms with Gasteiger partial charge in [0.2, 0.25) is 0 Å². The molecular formula is C13H19NO3. The third-order valence-electron chi connectivity index (χ3n) is 2.56. The molecule has 0 fully saturated rings. The number of benzene rings is 1. The summed E-state index contributed by atoms with van der Waals surface area (Å²) < 4.78 is 5.13. The van der Waals surface area contributed by atoms with Crippen molar-refractivity contribution in [3.8, 4) is 0 Å². The van der Waals surface area contributed by atoms with Gasteiger partial charge in [-0.05, 0) is 17.7 Å². The molecule has 0 saturated heterocycles. The number of hydrogen-bond acceptors (Lipinski definition) is 3. The molecular weight excluding hydrogens is 218 g/mol. The SMILES string of the molecule is CCNC(CC(=O)O)c1ccccc1COC. The van der Waals surface area contributed by atoms with E-state index in [1.807, 2.05) is 31.2 Å². The minimum atomic E-state index is -0.803. The molecule has 1 atom stereocenters.